The van der Waals surface area contributed by atoms with Crippen LogP contribution in [0.2, 0.25) is 0 Å². The fourth-order valence-electron chi connectivity index (χ4n) is 12.0. The van der Waals surface area contributed by atoms with Crippen LogP contribution < -0.4 is 36.1 Å². The number of ether oxygens (including phenoxy) is 10. The van der Waals surface area contributed by atoms with Crippen molar-refractivity contribution < 1.29 is 138 Å². The van der Waals surface area contributed by atoms with E-state index in [1.165, 1.54) is 31.2 Å². The van der Waals surface area contributed by atoms with Gasteiger partial charge in [0.2, 0.25) is 29.5 Å². The highest BCUT2D eigenvalue weighted by molar-refractivity contribution is 5.90. The molecule has 2 aromatic rings. The first kappa shape index (κ1) is 106. The number of rotatable bonds is 83. The van der Waals surface area contributed by atoms with Crippen molar-refractivity contribution in [2.24, 2.45) is 17.8 Å². The van der Waals surface area contributed by atoms with Gasteiger partial charge in [-0.2, -0.15) is 0 Å². The van der Waals surface area contributed by atoms with Crippen molar-refractivity contribution in [3.8, 4) is 11.5 Å². The summed E-state index contributed by atoms with van der Waals surface area (Å²) < 4.78 is 54.7. The minimum atomic E-state index is -1.20. The SMILES string of the molecule is CC(=O)[C@H](CCCCNC(=O)COCCOCCNC(=O)COCCOCCCC(=O)CC[C@H](NC(=O)CCCCCCCCCOc1ccc(C(=O)O)cc1)C(=O)O)CC(=O)[C@@H](C)CCCCNC(=O)COCCOCCCC(=O)COCCOCCNC(=O)CC[C@H](CC(=O)CCCCCCCCCOc1ccc(C(=O)O)cc1)C(=O)O.[HH].[HH]. The second-order valence-corrected chi connectivity index (χ2v) is 29.3. The zero-order chi connectivity index (χ0) is 87.1. The average Bonchev–Trinajstić information content (AvgIpc) is 0.876. The van der Waals surface area contributed by atoms with Crippen molar-refractivity contribution in [1.82, 2.24) is 26.6 Å². The Morgan fingerprint density at radius 2 is 0.723 bits per heavy atom. The van der Waals surface area contributed by atoms with Crippen molar-refractivity contribution in [3.63, 3.8) is 0 Å². The van der Waals surface area contributed by atoms with Crippen LogP contribution in [0.4, 0.5) is 0 Å². The van der Waals surface area contributed by atoms with Gasteiger partial charge < -0.3 is 94.4 Å². The molecule has 0 spiro atoms. The fraction of sp³-hybridized carbons (Fsp3) is 0.698. The number of ketones is 5. The van der Waals surface area contributed by atoms with E-state index in [1.807, 2.05) is 6.92 Å². The number of hydrogen-bond donors (Lipinski definition) is 9. The Balaban J connectivity index is 0.0000720. The molecule has 2 aromatic carbocycles. The molecule has 676 valence electrons. The summed E-state index contributed by atoms with van der Waals surface area (Å²) in [7, 11) is 0. The van der Waals surface area contributed by atoms with Gasteiger partial charge in [0, 0.05) is 105 Å². The lowest BCUT2D eigenvalue weighted by Gasteiger charge is -2.16. The van der Waals surface area contributed by atoms with Gasteiger partial charge in [-0.1, -0.05) is 84.0 Å². The molecule has 5 amide bonds. The predicted octanol–water partition coefficient (Wildman–Crippen LogP) is 9.50. The lowest BCUT2D eigenvalue weighted by atomic mass is 9.87. The number of carboxylic acids is 4. The minimum absolute atomic E-state index is 0. The Kier molecular flexibility index (Phi) is 63.5. The van der Waals surface area contributed by atoms with Gasteiger partial charge in [-0.3, -0.25) is 52.7 Å². The highest BCUT2D eigenvalue weighted by atomic mass is 16.5. The number of aromatic carboxylic acids is 2. The van der Waals surface area contributed by atoms with Crippen LogP contribution in [0.3, 0.4) is 0 Å². The molecule has 0 aliphatic heterocycles. The van der Waals surface area contributed by atoms with E-state index in [0.29, 0.717) is 115 Å². The molecule has 0 heterocycles. The summed E-state index contributed by atoms with van der Waals surface area (Å²) >= 11 is 0. The number of benzene rings is 2. The summed E-state index contributed by atoms with van der Waals surface area (Å²) in [6.45, 7) is 7.46. The quantitative estimate of drug-likeness (QED) is 0.0278. The molecule has 33 heteroatoms. The van der Waals surface area contributed by atoms with Crippen molar-refractivity contribution in [2.45, 2.75) is 225 Å². The summed E-state index contributed by atoms with van der Waals surface area (Å²) in [5, 5.41) is 50.7. The number of carbonyl (C=O) groups is 14. The number of hydrogen-bond acceptors (Lipinski definition) is 24. The highest BCUT2D eigenvalue weighted by Crippen LogP contribution is 2.22. The standard InChI is InChI=1S/C86H135N5O28.2H2/c1-65(23-15-17-41-87-80(99)62-115-56-52-111-46-22-27-73(95)61-114-55-53-112-49-43-89-78(97)40-33-70(85(106)107)59-72(94)25-13-9-5-3-7-11-19-47-118-74-35-29-67(30-36-74)83(102)103)77(96)60-69(66(2)92)24-16-18-42-88-81(100)63-117-58-54-113-50-44-90-82(101)64-116-57-51-110-45-21-26-71(93)34-39-76(86(108)109)91-79(98)28-14-10-6-4-8-12-20-48-119-75-37-31-68(32-38-75)84(104)105;;/h29-32,35-38,65,69-70,76H,3-28,33-34,39-64H2,1-2H3,(H,87,99)(H,88,100)(H,89,97)(H,90,101)(H,91,98)(H,102,103)(H,104,105)(H,106,107)(H,108,109);2*1H/t65-,69+,70+,76-;;/m0../s1. The van der Waals surface area contributed by atoms with Gasteiger partial charge in [-0.05, 0) is 133 Å². The highest BCUT2D eigenvalue weighted by Gasteiger charge is 2.25. The molecular weight excluding hydrogens is 1550 g/mol. The van der Waals surface area contributed by atoms with E-state index in [4.69, 9.17) is 57.6 Å². The van der Waals surface area contributed by atoms with Gasteiger partial charge in [-0.25, -0.2) is 14.4 Å². The monoisotopic (exact) mass is 1690 g/mol. The minimum Gasteiger partial charge on any atom is -0.494 e. The van der Waals surface area contributed by atoms with Crippen LogP contribution in [0, 0.1) is 17.8 Å². The molecule has 33 nitrogen and oxygen atoms in total. The first-order chi connectivity index (χ1) is 57.4. The summed E-state index contributed by atoms with van der Waals surface area (Å²) in [6, 6.07) is 11.4. The third-order valence-electron chi connectivity index (χ3n) is 19.1. The molecule has 0 aliphatic carbocycles. The van der Waals surface area contributed by atoms with E-state index in [-0.39, 0.29) is 248 Å². The summed E-state index contributed by atoms with van der Waals surface area (Å²) in [5.74, 6) is -6.72. The normalized spacial score (nSPS) is 12.2. The lowest BCUT2D eigenvalue weighted by Crippen LogP contribution is -2.41. The van der Waals surface area contributed by atoms with Gasteiger partial charge in [0.05, 0.1) is 96.3 Å². The fourth-order valence-corrected chi connectivity index (χ4v) is 12.0. The molecule has 9 N–H and O–H groups in total. The largest absolute Gasteiger partial charge is 0.494 e. The van der Waals surface area contributed by atoms with Crippen molar-refractivity contribution in [1.29, 1.82) is 0 Å². The predicted molar refractivity (Wildman–Crippen MR) is 442 cm³/mol. The first-order valence-electron chi connectivity index (χ1n) is 42.4. The van der Waals surface area contributed by atoms with E-state index in [0.717, 1.165) is 77.0 Å². The average molecular weight is 1690 g/mol. The van der Waals surface area contributed by atoms with E-state index in [2.05, 4.69) is 26.6 Å². The number of aliphatic carboxylic acids is 2. The van der Waals surface area contributed by atoms with Gasteiger partial charge in [-0.15, -0.1) is 0 Å². The molecule has 2 rings (SSSR count). The molecule has 0 unspecified atom stereocenters. The number of unbranched alkanes of at least 4 members (excludes halogenated alkanes) is 14. The maximum atomic E-state index is 13.1. The van der Waals surface area contributed by atoms with Gasteiger partial charge >= 0.3 is 23.9 Å². The van der Waals surface area contributed by atoms with E-state index >= 15 is 0 Å². The molecule has 0 aliphatic rings. The maximum absolute atomic E-state index is 13.1. The number of Topliss-reactive ketones (excluding diaryl/α,β-unsaturated/α-hetero) is 5. The van der Waals surface area contributed by atoms with Crippen LogP contribution in [0.15, 0.2) is 48.5 Å². The summed E-state index contributed by atoms with van der Waals surface area (Å²) in [5.41, 5.74) is 0.413. The van der Waals surface area contributed by atoms with Crippen LogP contribution in [0.1, 0.15) is 243 Å². The van der Waals surface area contributed by atoms with Crippen LogP contribution in [0.25, 0.3) is 0 Å². The van der Waals surface area contributed by atoms with Crippen LogP contribution in [0.5, 0.6) is 11.5 Å². The summed E-state index contributed by atoms with van der Waals surface area (Å²) in [4.78, 5) is 170. The van der Waals surface area contributed by atoms with Crippen LogP contribution >= 0.6 is 0 Å². The smallest absolute Gasteiger partial charge is 0.335 e. The second kappa shape index (κ2) is 71.1. The second-order valence-electron chi connectivity index (χ2n) is 29.3. The number of nitrogens with one attached hydrogen (secondary N) is 5. The van der Waals surface area contributed by atoms with Gasteiger partial charge in [0.25, 0.3) is 0 Å². The van der Waals surface area contributed by atoms with Gasteiger partial charge in [0.1, 0.15) is 67.1 Å². The van der Waals surface area contributed by atoms with Crippen molar-refractivity contribution in [2.75, 3.05) is 145 Å². The van der Waals surface area contributed by atoms with E-state index in [1.54, 1.807) is 24.3 Å². The summed E-state index contributed by atoms with van der Waals surface area (Å²) in [6.07, 6.45) is 18.2. The Bertz CT molecular complexity index is 3230. The zero-order valence-electron chi connectivity index (χ0n) is 70.2. The molecule has 0 radical (unpaired) electrons. The van der Waals surface area contributed by atoms with Crippen molar-refractivity contribution in [3.05, 3.63) is 59.7 Å². The number of carbonyl (C=O) groups excluding carboxylic acids is 10. The van der Waals surface area contributed by atoms with E-state index in [9.17, 15) is 77.3 Å². The lowest BCUT2D eigenvalue weighted by molar-refractivity contribution is -0.144. The molecule has 119 heavy (non-hydrogen) atoms. The van der Waals surface area contributed by atoms with Crippen molar-refractivity contribution >= 4 is 82.3 Å². The Morgan fingerprint density at radius 1 is 0.319 bits per heavy atom. The Hall–Kier alpha value is -8.70. The molecule has 4 atom stereocenters. The molecule has 0 fully saturated rings. The third kappa shape index (κ3) is 61.3. The first-order valence-corrected chi connectivity index (χ1v) is 42.4. The third-order valence-corrected chi connectivity index (χ3v) is 19.1. The molecule has 0 saturated heterocycles. The molecule has 0 aromatic heterocycles. The van der Waals surface area contributed by atoms with E-state index < -0.39 is 41.8 Å². The van der Waals surface area contributed by atoms with Crippen LogP contribution in [-0.4, -0.2) is 254 Å². The zero-order valence-corrected chi connectivity index (χ0v) is 70.2. The molecule has 0 saturated carbocycles. The molecule has 0 bridgehead atoms. The number of amides is 5. The van der Waals surface area contributed by atoms with Gasteiger partial charge in [0.15, 0.2) is 5.78 Å². The Morgan fingerprint density at radius 3 is 1.18 bits per heavy atom. The maximum Gasteiger partial charge on any atom is 0.335 e. The van der Waals surface area contributed by atoms with Crippen LogP contribution in [-0.2, 0) is 95.4 Å². The Labute approximate surface area is 703 Å². The number of carboxylic acid groups (broad SMARTS) is 4. The molecular formula is C86H139N5O28. The topological polar surface area (TPSA) is 472 Å².